The van der Waals surface area contributed by atoms with E-state index in [0.29, 0.717) is 12.1 Å². The fraction of sp³-hybridized carbons (Fsp3) is 0.571. The van der Waals surface area contributed by atoms with Gasteiger partial charge in [-0.25, -0.2) is 13.6 Å². The summed E-state index contributed by atoms with van der Waals surface area (Å²) in [5, 5.41) is 14.0. The van der Waals surface area contributed by atoms with E-state index in [-0.39, 0.29) is 5.03 Å². The molecule has 0 aliphatic carbocycles. The van der Waals surface area contributed by atoms with Gasteiger partial charge in [-0.3, -0.25) is 5.10 Å². The number of hydrogen-bond acceptors (Lipinski definition) is 4. The molecular weight excluding hydrogens is 204 g/mol. The summed E-state index contributed by atoms with van der Waals surface area (Å²) in [7, 11) is -3.69. The minimum atomic E-state index is -3.69. The van der Waals surface area contributed by atoms with E-state index in [2.05, 4.69) is 15.5 Å². The van der Waals surface area contributed by atoms with Crippen molar-refractivity contribution in [3.8, 4) is 0 Å². The summed E-state index contributed by atoms with van der Waals surface area (Å²) in [6.45, 7) is 3.31. The van der Waals surface area contributed by atoms with Crippen molar-refractivity contribution < 1.29 is 8.42 Å². The van der Waals surface area contributed by atoms with Crippen molar-refractivity contribution in [2.75, 3.05) is 6.54 Å². The van der Waals surface area contributed by atoms with Crippen LogP contribution in [-0.2, 0) is 16.6 Å². The van der Waals surface area contributed by atoms with Gasteiger partial charge in [0.15, 0.2) is 5.03 Å². The molecule has 0 aliphatic rings. The summed E-state index contributed by atoms with van der Waals surface area (Å²) < 4.78 is 22.1. The molecule has 80 valence electrons. The summed E-state index contributed by atoms with van der Waals surface area (Å²) in [5.74, 6) is 0. The summed E-state index contributed by atoms with van der Waals surface area (Å²) in [6, 6.07) is 0. The van der Waals surface area contributed by atoms with Crippen LogP contribution in [0.15, 0.2) is 11.2 Å². The quantitative estimate of drug-likeness (QED) is 0.583. The predicted molar refractivity (Wildman–Crippen MR) is 52.0 cm³/mol. The van der Waals surface area contributed by atoms with Gasteiger partial charge in [0.25, 0.3) is 10.0 Å². The minimum Gasteiger partial charge on any atom is -0.313 e. The van der Waals surface area contributed by atoms with Gasteiger partial charge in [0.2, 0.25) is 0 Å². The molecule has 0 aromatic carbocycles. The number of nitrogens with one attached hydrogen (secondary N) is 2. The Morgan fingerprint density at radius 2 is 2.36 bits per heavy atom. The van der Waals surface area contributed by atoms with Crippen LogP contribution in [-0.4, -0.2) is 25.2 Å². The molecular formula is C7H14N4O2S. The Bertz CT molecular complexity index is 384. The summed E-state index contributed by atoms with van der Waals surface area (Å²) >= 11 is 0. The van der Waals surface area contributed by atoms with Crippen molar-refractivity contribution >= 4 is 10.0 Å². The molecule has 1 heterocycles. The third-order valence-corrected chi connectivity index (χ3v) is 2.63. The summed E-state index contributed by atoms with van der Waals surface area (Å²) in [5.41, 5.74) is 0.570. The monoisotopic (exact) mass is 218 g/mol. The molecule has 1 aromatic heterocycles. The number of primary sulfonamides is 1. The number of nitrogens with two attached hydrogens (primary N) is 1. The topological polar surface area (TPSA) is 101 Å². The molecule has 0 spiro atoms. The van der Waals surface area contributed by atoms with E-state index < -0.39 is 10.0 Å². The summed E-state index contributed by atoms with van der Waals surface area (Å²) in [4.78, 5) is 0. The molecule has 0 saturated carbocycles. The highest BCUT2D eigenvalue weighted by Crippen LogP contribution is 2.08. The van der Waals surface area contributed by atoms with Crippen molar-refractivity contribution in [1.82, 2.24) is 15.5 Å². The highest BCUT2D eigenvalue weighted by Gasteiger charge is 2.15. The van der Waals surface area contributed by atoms with Gasteiger partial charge < -0.3 is 5.32 Å². The molecule has 0 amide bonds. The van der Waals surface area contributed by atoms with E-state index in [1.54, 1.807) is 0 Å². The van der Waals surface area contributed by atoms with Gasteiger partial charge in [0.05, 0.1) is 6.20 Å². The molecule has 1 rings (SSSR count). The molecule has 0 fully saturated rings. The van der Waals surface area contributed by atoms with Gasteiger partial charge in [0.1, 0.15) is 0 Å². The molecule has 0 saturated heterocycles. The lowest BCUT2D eigenvalue weighted by Crippen LogP contribution is -2.19. The first-order valence-corrected chi connectivity index (χ1v) is 5.86. The molecule has 0 atom stereocenters. The number of sulfonamides is 1. The lowest BCUT2D eigenvalue weighted by Gasteiger charge is -2.02. The Labute approximate surface area is 82.9 Å². The van der Waals surface area contributed by atoms with Crippen LogP contribution in [0.5, 0.6) is 0 Å². The number of aromatic nitrogens is 2. The second-order valence-corrected chi connectivity index (χ2v) is 4.44. The third kappa shape index (κ3) is 2.79. The Kier molecular flexibility index (Phi) is 3.62. The van der Waals surface area contributed by atoms with Crippen molar-refractivity contribution in [2.24, 2.45) is 5.14 Å². The van der Waals surface area contributed by atoms with E-state index in [1.165, 1.54) is 6.20 Å². The van der Waals surface area contributed by atoms with Crippen molar-refractivity contribution in [2.45, 2.75) is 24.9 Å². The zero-order valence-corrected chi connectivity index (χ0v) is 8.76. The highest BCUT2D eigenvalue weighted by atomic mass is 32.2. The van der Waals surface area contributed by atoms with Crippen LogP contribution < -0.4 is 10.5 Å². The van der Waals surface area contributed by atoms with Crippen LogP contribution in [0.25, 0.3) is 0 Å². The van der Waals surface area contributed by atoms with Crippen LogP contribution in [0.2, 0.25) is 0 Å². The van der Waals surface area contributed by atoms with Crippen molar-refractivity contribution in [3.63, 3.8) is 0 Å². The number of H-pyrrole nitrogens is 1. The smallest absolute Gasteiger partial charge is 0.255 e. The maximum absolute atomic E-state index is 11.0. The zero-order chi connectivity index (χ0) is 10.6. The first-order chi connectivity index (χ1) is 6.55. The molecule has 0 unspecified atom stereocenters. The van der Waals surface area contributed by atoms with Crippen LogP contribution in [0, 0.1) is 0 Å². The Morgan fingerprint density at radius 3 is 2.93 bits per heavy atom. The fourth-order valence-electron chi connectivity index (χ4n) is 1.07. The standard InChI is InChI=1S/C7H14N4O2S/c1-2-3-9-4-6-5-10-11-7(6)14(8,12)13/h5,9H,2-4H2,1H3,(H,10,11)(H2,8,12,13). The Balaban J connectivity index is 2.74. The van der Waals surface area contributed by atoms with E-state index >= 15 is 0 Å². The van der Waals surface area contributed by atoms with Gasteiger partial charge >= 0.3 is 0 Å². The van der Waals surface area contributed by atoms with Crippen LogP contribution >= 0.6 is 0 Å². The van der Waals surface area contributed by atoms with Gasteiger partial charge in [0, 0.05) is 12.1 Å². The van der Waals surface area contributed by atoms with Crippen LogP contribution in [0.3, 0.4) is 0 Å². The second kappa shape index (κ2) is 4.54. The first kappa shape index (κ1) is 11.2. The van der Waals surface area contributed by atoms with Crippen molar-refractivity contribution in [1.29, 1.82) is 0 Å². The predicted octanol–water partition coefficient (Wildman–Crippen LogP) is -0.443. The Hall–Kier alpha value is -0.920. The van der Waals surface area contributed by atoms with Gasteiger partial charge in [-0.15, -0.1) is 0 Å². The third-order valence-electron chi connectivity index (χ3n) is 1.70. The molecule has 0 bridgehead atoms. The molecule has 6 nitrogen and oxygen atoms in total. The molecule has 4 N–H and O–H groups in total. The largest absolute Gasteiger partial charge is 0.313 e. The second-order valence-electron chi connectivity index (χ2n) is 2.95. The van der Waals surface area contributed by atoms with E-state index in [0.717, 1.165) is 13.0 Å². The number of nitrogens with zero attached hydrogens (tertiary/aromatic N) is 1. The molecule has 0 radical (unpaired) electrons. The molecule has 0 aliphatic heterocycles. The number of hydrogen-bond donors (Lipinski definition) is 3. The first-order valence-electron chi connectivity index (χ1n) is 4.31. The van der Waals surface area contributed by atoms with Crippen molar-refractivity contribution in [3.05, 3.63) is 11.8 Å². The molecule has 7 heteroatoms. The maximum Gasteiger partial charge on any atom is 0.255 e. The SMILES string of the molecule is CCCNCc1cn[nH]c1S(N)(=O)=O. The van der Waals surface area contributed by atoms with Gasteiger partial charge in [-0.2, -0.15) is 5.10 Å². The molecule has 1 aromatic rings. The average molecular weight is 218 g/mol. The van der Waals surface area contributed by atoms with Gasteiger partial charge in [-0.05, 0) is 13.0 Å². The number of aromatic amines is 1. The van der Waals surface area contributed by atoms with Gasteiger partial charge in [-0.1, -0.05) is 6.92 Å². The van der Waals surface area contributed by atoms with Crippen LogP contribution in [0.4, 0.5) is 0 Å². The van der Waals surface area contributed by atoms with E-state index in [1.807, 2.05) is 6.92 Å². The lowest BCUT2D eigenvalue weighted by molar-refractivity contribution is 0.590. The number of rotatable bonds is 5. The van der Waals surface area contributed by atoms with E-state index in [4.69, 9.17) is 5.14 Å². The normalized spacial score (nSPS) is 11.9. The van der Waals surface area contributed by atoms with E-state index in [9.17, 15) is 8.42 Å². The summed E-state index contributed by atoms with van der Waals surface area (Å²) in [6.07, 6.45) is 2.45. The zero-order valence-electron chi connectivity index (χ0n) is 7.95. The highest BCUT2D eigenvalue weighted by molar-refractivity contribution is 7.89. The minimum absolute atomic E-state index is 0.0129. The Morgan fingerprint density at radius 1 is 1.64 bits per heavy atom. The molecule has 14 heavy (non-hydrogen) atoms. The maximum atomic E-state index is 11.0. The fourth-order valence-corrected chi connectivity index (χ4v) is 1.74. The average Bonchev–Trinajstić information content (AvgIpc) is 2.52. The lowest BCUT2D eigenvalue weighted by atomic mass is 10.3. The van der Waals surface area contributed by atoms with Crippen LogP contribution in [0.1, 0.15) is 18.9 Å².